The van der Waals surface area contributed by atoms with Crippen LogP contribution in [-0.4, -0.2) is 41.7 Å². The Kier molecular flexibility index (Phi) is 4.98. The molecule has 0 radical (unpaired) electrons. The predicted octanol–water partition coefficient (Wildman–Crippen LogP) is 3.11. The smallest absolute Gasteiger partial charge is 0.225 e. The fourth-order valence-corrected chi connectivity index (χ4v) is 4.58. The van der Waals surface area contributed by atoms with E-state index < -0.39 is 5.82 Å². The average molecular weight is 368 g/mol. The first-order valence-corrected chi connectivity index (χ1v) is 9.62. The van der Waals surface area contributed by atoms with Gasteiger partial charge in [-0.05, 0) is 55.6 Å². The number of amides is 1. The number of hydrogen-bond acceptors (Lipinski definition) is 3. The number of anilines is 1. The van der Waals surface area contributed by atoms with Gasteiger partial charge in [0.1, 0.15) is 5.82 Å². The van der Waals surface area contributed by atoms with E-state index in [1.807, 2.05) is 6.07 Å². The highest BCUT2D eigenvalue weighted by atomic mass is 19.1. The lowest BCUT2D eigenvalue weighted by Gasteiger charge is -2.42. The first kappa shape index (κ1) is 18.1. The number of para-hydroxylation sites is 1. The Morgan fingerprint density at radius 2 is 1.85 bits per heavy atom. The third-order valence-corrected chi connectivity index (χ3v) is 6.16. The molecule has 1 atom stereocenters. The van der Waals surface area contributed by atoms with Crippen LogP contribution in [0.15, 0.2) is 48.5 Å². The van der Waals surface area contributed by atoms with Crippen LogP contribution in [0.1, 0.15) is 30.4 Å². The number of halogens is 1. The summed E-state index contributed by atoms with van der Waals surface area (Å²) in [6.07, 6.45) is 2.56. The van der Waals surface area contributed by atoms with Gasteiger partial charge in [-0.25, -0.2) is 4.39 Å². The van der Waals surface area contributed by atoms with Gasteiger partial charge in [0.15, 0.2) is 0 Å². The third kappa shape index (κ3) is 3.49. The topological polar surface area (TPSA) is 52.6 Å². The van der Waals surface area contributed by atoms with Gasteiger partial charge < -0.3 is 15.3 Å². The highest BCUT2D eigenvalue weighted by Crippen LogP contribution is 2.46. The maximum atomic E-state index is 13.6. The van der Waals surface area contributed by atoms with Crippen molar-refractivity contribution in [3.05, 3.63) is 65.5 Å². The molecule has 4 rings (SSSR count). The summed E-state index contributed by atoms with van der Waals surface area (Å²) in [4.78, 5) is 14.4. The van der Waals surface area contributed by atoms with E-state index in [0.717, 1.165) is 32.4 Å². The molecule has 142 valence electrons. The first-order valence-electron chi connectivity index (χ1n) is 9.62. The second kappa shape index (κ2) is 7.41. The molecule has 1 saturated heterocycles. The van der Waals surface area contributed by atoms with Crippen LogP contribution in [0.5, 0.6) is 0 Å². The lowest BCUT2D eigenvalue weighted by atomic mass is 9.72. The lowest BCUT2D eigenvalue weighted by molar-refractivity contribution is -0.116. The van der Waals surface area contributed by atoms with E-state index in [2.05, 4.69) is 28.4 Å². The van der Waals surface area contributed by atoms with Crippen LogP contribution in [0.4, 0.5) is 10.1 Å². The maximum Gasteiger partial charge on any atom is 0.225 e. The van der Waals surface area contributed by atoms with Crippen molar-refractivity contribution in [1.29, 1.82) is 0 Å². The highest BCUT2D eigenvalue weighted by molar-refractivity contribution is 5.90. The molecule has 1 aliphatic carbocycles. The molecular weight excluding hydrogens is 343 g/mol. The van der Waals surface area contributed by atoms with Crippen LogP contribution >= 0.6 is 0 Å². The molecule has 0 unspecified atom stereocenters. The van der Waals surface area contributed by atoms with Crippen LogP contribution in [0.2, 0.25) is 0 Å². The Balaban J connectivity index is 1.31. The van der Waals surface area contributed by atoms with Crippen molar-refractivity contribution in [3.63, 3.8) is 0 Å². The van der Waals surface area contributed by atoms with Gasteiger partial charge in [-0.2, -0.15) is 0 Å². The zero-order chi connectivity index (χ0) is 18.9. The second-order valence-electron chi connectivity index (χ2n) is 7.65. The number of hydrogen-bond donors (Lipinski definition) is 2. The number of piperidine rings is 1. The summed E-state index contributed by atoms with van der Waals surface area (Å²) in [6, 6.07) is 14.6. The Hall–Kier alpha value is -2.24. The summed E-state index contributed by atoms with van der Waals surface area (Å²) >= 11 is 0. The van der Waals surface area contributed by atoms with Gasteiger partial charge in [-0.15, -0.1) is 0 Å². The fraction of sp³-hybridized carbons (Fsp3) is 0.409. The normalized spacial score (nSPS) is 21.2. The Bertz CT molecular complexity index is 831. The predicted molar refractivity (Wildman–Crippen MR) is 103 cm³/mol. The lowest BCUT2D eigenvalue weighted by Crippen LogP contribution is -2.47. The largest absolute Gasteiger partial charge is 0.392 e. The SMILES string of the molecule is O=C(CCN1CCC2(CC1)c1ccccc1C[C@@H]2O)Nc1ccccc1F. The summed E-state index contributed by atoms with van der Waals surface area (Å²) in [5, 5.41) is 13.3. The summed E-state index contributed by atoms with van der Waals surface area (Å²) in [5.74, 6) is -0.591. The van der Waals surface area contributed by atoms with E-state index in [1.54, 1.807) is 18.2 Å². The van der Waals surface area contributed by atoms with E-state index in [9.17, 15) is 14.3 Å². The Morgan fingerprint density at radius 1 is 1.15 bits per heavy atom. The number of nitrogens with zero attached hydrogens (tertiary/aromatic N) is 1. The highest BCUT2D eigenvalue weighted by Gasteiger charge is 2.47. The number of rotatable bonds is 4. The summed E-state index contributed by atoms with van der Waals surface area (Å²) < 4.78 is 13.6. The van der Waals surface area contributed by atoms with Crippen molar-refractivity contribution in [2.45, 2.75) is 37.2 Å². The number of aliphatic hydroxyl groups excluding tert-OH is 1. The monoisotopic (exact) mass is 368 g/mol. The van der Waals surface area contributed by atoms with Crippen LogP contribution in [0.25, 0.3) is 0 Å². The van der Waals surface area contributed by atoms with Gasteiger partial charge in [0.25, 0.3) is 0 Å². The molecule has 5 heteroatoms. The zero-order valence-corrected chi connectivity index (χ0v) is 15.3. The van der Waals surface area contributed by atoms with Crippen molar-refractivity contribution in [3.8, 4) is 0 Å². The molecule has 4 nitrogen and oxygen atoms in total. The standard InChI is InChI=1S/C22H25FN2O2/c23-18-7-3-4-8-19(18)24-21(27)9-12-25-13-10-22(11-14-25)17-6-2-1-5-16(17)15-20(22)26/h1-8,20,26H,9-15H2,(H,24,27)/t20-/m0/s1. The summed E-state index contributed by atoms with van der Waals surface area (Å²) in [7, 11) is 0. The molecule has 1 aliphatic heterocycles. The summed E-state index contributed by atoms with van der Waals surface area (Å²) in [6.45, 7) is 2.37. The van der Waals surface area contributed by atoms with Crippen molar-refractivity contribution >= 4 is 11.6 Å². The van der Waals surface area contributed by atoms with Crippen molar-refractivity contribution in [2.75, 3.05) is 25.0 Å². The quantitative estimate of drug-likeness (QED) is 0.872. The van der Waals surface area contributed by atoms with Crippen LogP contribution in [0.3, 0.4) is 0 Å². The van der Waals surface area contributed by atoms with Gasteiger partial charge >= 0.3 is 0 Å². The molecule has 0 aromatic heterocycles. The zero-order valence-electron chi connectivity index (χ0n) is 15.3. The van der Waals surface area contributed by atoms with Crippen molar-refractivity contribution < 1.29 is 14.3 Å². The molecule has 0 bridgehead atoms. The van der Waals surface area contributed by atoms with Crippen molar-refractivity contribution in [1.82, 2.24) is 4.90 Å². The van der Waals surface area contributed by atoms with E-state index in [1.165, 1.54) is 17.2 Å². The van der Waals surface area contributed by atoms with E-state index in [-0.39, 0.29) is 23.1 Å². The Morgan fingerprint density at radius 3 is 2.63 bits per heavy atom. The van der Waals surface area contributed by atoms with Gasteiger partial charge in [0.05, 0.1) is 11.8 Å². The van der Waals surface area contributed by atoms with Crippen LogP contribution < -0.4 is 5.32 Å². The number of carbonyl (C=O) groups excluding carboxylic acids is 1. The molecule has 2 aromatic carbocycles. The number of benzene rings is 2. The molecule has 2 aromatic rings. The molecule has 1 amide bonds. The van der Waals surface area contributed by atoms with Gasteiger partial charge in [0, 0.05) is 18.4 Å². The molecule has 2 aliphatic rings. The minimum Gasteiger partial charge on any atom is -0.392 e. The third-order valence-electron chi connectivity index (χ3n) is 6.16. The number of carbonyl (C=O) groups is 1. The number of fused-ring (bicyclic) bond motifs is 2. The average Bonchev–Trinajstić information content (AvgIpc) is 2.95. The Labute approximate surface area is 159 Å². The van der Waals surface area contributed by atoms with Gasteiger partial charge in [-0.1, -0.05) is 36.4 Å². The van der Waals surface area contributed by atoms with E-state index in [0.29, 0.717) is 13.0 Å². The molecule has 0 saturated carbocycles. The maximum absolute atomic E-state index is 13.6. The molecule has 1 heterocycles. The number of nitrogens with one attached hydrogen (secondary N) is 1. The van der Waals surface area contributed by atoms with Crippen molar-refractivity contribution in [2.24, 2.45) is 0 Å². The first-order chi connectivity index (χ1) is 13.1. The van der Waals surface area contributed by atoms with Gasteiger partial charge in [-0.3, -0.25) is 4.79 Å². The van der Waals surface area contributed by atoms with Gasteiger partial charge in [0.2, 0.25) is 5.91 Å². The fourth-order valence-electron chi connectivity index (χ4n) is 4.58. The molecular formula is C22H25FN2O2. The van der Waals surface area contributed by atoms with Crippen LogP contribution in [0, 0.1) is 5.82 Å². The minimum atomic E-state index is -0.417. The molecule has 2 N–H and O–H groups in total. The van der Waals surface area contributed by atoms with Crippen LogP contribution in [-0.2, 0) is 16.6 Å². The number of likely N-dealkylation sites (tertiary alicyclic amines) is 1. The molecule has 1 spiro atoms. The van der Waals surface area contributed by atoms with E-state index >= 15 is 0 Å². The second-order valence-corrected chi connectivity index (χ2v) is 7.65. The number of aliphatic hydroxyl groups is 1. The molecule has 27 heavy (non-hydrogen) atoms. The minimum absolute atomic E-state index is 0.136. The van der Waals surface area contributed by atoms with E-state index in [4.69, 9.17) is 0 Å². The molecule has 1 fully saturated rings. The summed E-state index contributed by atoms with van der Waals surface area (Å²) in [5.41, 5.74) is 2.66.